The maximum atomic E-state index is 10.9. The molecule has 5 heteroatoms. The highest BCUT2D eigenvalue weighted by Gasteiger charge is 2.08. The van der Waals surface area contributed by atoms with Crippen LogP contribution >= 0.6 is 15.9 Å². The minimum absolute atomic E-state index is 0.449. The molecule has 2 aromatic rings. The summed E-state index contributed by atoms with van der Waals surface area (Å²) in [5.41, 5.74) is 6.47. The molecule has 0 aromatic carbocycles. The molecule has 0 aliphatic rings. The number of hydrogen-bond donors (Lipinski definition) is 2. The lowest BCUT2D eigenvalue weighted by Gasteiger charge is -1.92. The summed E-state index contributed by atoms with van der Waals surface area (Å²) >= 11 is 3.23. The van der Waals surface area contributed by atoms with Crippen LogP contribution in [0, 0.1) is 0 Å². The van der Waals surface area contributed by atoms with Gasteiger partial charge in [-0.25, -0.2) is 4.98 Å². The molecule has 3 N–H and O–H groups in total. The molecule has 0 saturated carbocycles. The summed E-state index contributed by atoms with van der Waals surface area (Å²) in [5, 5.41) is 0.746. The van der Waals surface area contributed by atoms with E-state index in [1.54, 1.807) is 18.5 Å². The maximum absolute atomic E-state index is 10.9. The molecule has 66 valence electrons. The van der Waals surface area contributed by atoms with Crippen LogP contribution in [0.1, 0.15) is 10.4 Å². The third kappa shape index (κ3) is 1.31. The minimum Gasteiger partial charge on any atom is -0.366 e. The van der Waals surface area contributed by atoms with E-state index in [1.807, 2.05) is 0 Å². The number of primary amides is 1. The Morgan fingerprint density at radius 3 is 3.08 bits per heavy atom. The highest BCUT2D eigenvalue weighted by Crippen LogP contribution is 2.19. The van der Waals surface area contributed by atoms with Gasteiger partial charge in [0.25, 0.3) is 5.91 Å². The maximum Gasteiger partial charge on any atom is 0.250 e. The fourth-order valence-corrected chi connectivity index (χ4v) is 1.53. The summed E-state index contributed by atoms with van der Waals surface area (Å²) in [6, 6.07) is 1.79. The average molecular weight is 240 g/mol. The largest absolute Gasteiger partial charge is 0.366 e. The molecule has 4 nitrogen and oxygen atoms in total. The van der Waals surface area contributed by atoms with Crippen molar-refractivity contribution >= 4 is 32.7 Å². The van der Waals surface area contributed by atoms with E-state index < -0.39 is 5.91 Å². The van der Waals surface area contributed by atoms with Crippen LogP contribution in [0.2, 0.25) is 0 Å². The molecule has 2 rings (SSSR count). The van der Waals surface area contributed by atoms with Crippen LogP contribution in [0.15, 0.2) is 23.1 Å². The lowest BCUT2D eigenvalue weighted by molar-refractivity contribution is 0.100. The smallest absolute Gasteiger partial charge is 0.250 e. The van der Waals surface area contributed by atoms with Crippen LogP contribution in [0.3, 0.4) is 0 Å². The fourth-order valence-electron chi connectivity index (χ4n) is 1.20. The molecule has 0 radical (unpaired) electrons. The number of aromatic nitrogens is 2. The van der Waals surface area contributed by atoms with Crippen LogP contribution in [0.5, 0.6) is 0 Å². The Morgan fingerprint density at radius 1 is 1.62 bits per heavy atom. The molecule has 0 unspecified atom stereocenters. The monoisotopic (exact) mass is 239 g/mol. The van der Waals surface area contributed by atoms with Gasteiger partial charge in [-0.05, 0) is 22.0 Å². The van der Waals surface area contributed by atoms with Gasteiger partial charge in [0.05, 0.1) is 11.1 Å². The number of fused-ring (bicyclic) bond motifs is 1. The van der Waals surface area contributed by atoms with Crippen molar-refractivity contribution in [1.82, 2.24) is 9.97 Å². The molecule has 0 saturated heterocycles. The molecule has 0 aliphatic heterocycles. The van der Waals surface area contributed by atoms with E-state index >= 15 is 0 Å². The molecule has 13 heavy (non-hydrogen) atoms. The first-order valence-electron chi connectivity index (χ1n) is 3.61. The van der Waals surface area contributed by atoms with E-state index in [9.17, 15) is 4.79 Å². The molecule has 2 heterocycles. The number of carbonyl (C=O) groups is 1. The first kappa shape index (κ1) is 8.25. The predicted octanol–water partition coefficient (Wildman–Crippen LogP) is 1.42. The van der Waals surface area contributed by atoms with Crippen LogP contribution in [-0.4, -0.2) is 15.9 Å². The number of rotatable bonds is 1. The van der Waals surface area contributed by atoms with Crippen LogP contribution in [0.4, 0.5) is 0 Å². The summed E-state index contributed by atoms with van der Waals surface area (Å²) in [7, 11) is 0. The van der Waals surface area contributed by atoms with Crippen LogP contribution < -0.4 is 5.73 Å². The van der Waals surface area contributed by atoms with Gasteiger partial charge in [-0.3, -0.25) is 4.79 Å². The molecule has 0 aliphatic carbocycles. The number of amides is 1. The van der Waals surface area contributed by atoms with E-state index in [1.165, 1.54) is 0 Å². The Bertz CT molecular complexity index is 477. The van der Waals surface area contributed by atoms with E-state index in [0.717, 1.165) is 15.5 Å². The number of pyridine rings is 1. The molecule has 1 amide bonds. The van der Waals surface area contributed by atoms with Crippen molar-refractivity contribution < 1.29 is 4.79 Å². The number of aromatic amines is 1. The van der Waals surface area contributed by atoms with Crippen molar-refractivity contribution in [2.75, 3.05) is 0 Å². The van der Waals surface area contributed by atoms with E-state index in [-0.39, 0.29) is 0 Å². The van der Waals surface area contributed by atoms with Gasteiger partial charge in [0.2, 0.25) is 0 Å². The van der Waals surface area contributed by atoms with Gasteiger partial charge in [0, 0.05) is 17.8 Å². The Labute approximate surface area is 82.3 Å². The Hall–Kier alpha value is -1.36. The van der Waals surface area contributed by atoms with Gasteiger partial charge in [-0.1, -0.05) is 0 Å². The number of nitrogens with two attached hydrogens (primary N) is 1. The molecule has 2 aromatic heterocycles. The first-order chi connectivity index (χ1) is 6.18. The van der Waals surface area contributed by atoms with Crippen molar-refractivity contribution in [3.63, 3.8) is 0 Å². The number of hydrogen-bond acceptors (Lipinski definition) is 2. The summed E-state index contributed by atoms with van der Waals surface area (Å²) in [4.78, 5) is 17.9. The van der Waals surface area contributed by atoms with Crippen molar-refractivity contribution in [2.24, 2.45) is 5.73 Å². The van der Waals surface area contributed by atoms with Gasteiger partial charge in [0.1, 0.15) is 4.60 Å². The van der Waals surface area contributed by atoms with E-state index in [0.29, 0.717) is 5.56 Å². The number of nitrogens with one attached hydrogen (secondary N) is 1. The molecule has 0 atom stereocenters. The minimum atomic E-state index is -0.449. The zero-order chi connectivity index (χ0) is 9.42. The summed E-state index contributed by atoms with van der Waals surface area (Å²) in [6.07, 6.45) is 3.19. The fraction of sp³-hybridized carbons (Fsp3) is 0. The predicted molar refractivity (Wildman–Crippen MR) is 52.3 cm³/mol. The lowest BCUT2D eigenvalue weighted by atomic mass is 10.2. The number of carbonyl (C=O) groups excluding carboxylic acids is 1. The van der Waals surface area contributed by atoms with E-state index in [4.69, 9.17) is 5.73 Å². The molecule has 0 fully saturated rings. The third-order valence-corrected chi connectivity index (χ3v) is 2.23. The normalized spacial score (nSPS) is 10.5. The zero-order valence-corrected chi connectivity index (χ0v) is 8.13. The summed E-state index contributed by atoms with van der Waals surface area (Å²) in [6.45, 7) is 0. The lowest BCUT2D eigenvalue weighted by Crippen LogP contribution is -2.09. The first-order valence-corrected chi connectivity index (χ1v) is 4.40. The van der Waals surface area contributed by atoms with Gasteiger partial charge < -0.3 is 10.7 Å². The second-order valence-electron chi connectivity index (χ2n) is 2.62. The quantitative estimate of drug-likeness (QED) is 0.740. The topological polar surface area (TPSA) is 71.8 Å². The SMILES string of the molecule is NC(=O)c1c[nH]c2cc(Br)ncc12. The summed E-state index contributed by atoms with van der Waals surface area (Å²) < 4.78 is 0.720. The second-order valence-corrected chi connectivity index (χ2v) is 3.43. The third-order valence-electron chi connectivity index (χ3n) is 1.80. The van der Waals surface area contributed by atoms with Crippen LogP contribution in [0.25, 0.3) is 10.9 Å². The molecule has 0 spiro atoms. The highest BCUT2D eigenvalue weighted by atomic mass is 79.9. The molecular formula is C8H6BrN3O. The highest BCUT2D eigenvalue weighted by molar-refractivity contribution is 9.10. The van der Waals surface area contributed by atoms with Crippen molar-refractivity contribution in [1.29, 1.82) is 0 Å². The molecule has 0 bridgehead atoms. The van der Waals surface area contributed by atoms with Gasteiger partial charge in [0.15, 0.2) is 0 Å². The van der Waals surface area contributed by atoms with Crippen LogP contribution in [-0.2, 0) is 0 Å². The van der Waals surface area contributed by atoms with Crippen molar-refractivity contribution in [2.45, 2.75) is 0 Å². The zero-order valence-electron chi connectivity index (χ0n) is 6.54. The van der Waals surface area contributed by atoms with Gasteiger partial charge in [-0.15, -0.1) is 0 Å². The number of halogens is 1. The number of nitrogens with zero attached hydrogens (tertiary/aromatic N) is 1. The van der Waals surface area contributed by atoms with Gasteiger partial charge >= 0.3 is 0 Å². The standard InChI is InChI=1S/C8H6BrN3O/c9-7-1-6-4(2-12-7)5(3-11-6)8(10)13/h1-3,11H,(H2,10,13). The molecular weight excluding hydrogens is 234 g/mol. The van der Waals surface area contributed by atoms with Gasteiger partial charge in [-0.2, -0.15) is 0 Å². The van der Waals surface area contributed by atoms with Crippen molar-refractivity contribution in [3.05, 3.63) is 28.6 Å². The Morgan fingerprint density at radius 2 is 2.38 bits per heavy atom. The Kier molecular flexibility index (Phi) is 1.81. The van der Waals surface area contributed by atoms with E-state index in [2.05, 4.69) is 25.9 Å². The second kappa shape index (κ2) is 2.85. The number of H-pyrrole nitrogens is 1. The average Bonchev–Trinajstić information content (AvgIpc) is 2.46. The summed E-state index contributed by atoms with van der Waals surface area (Å²) in [5.74, 6) is -0.449. The van der Waals surface area contributed by atoms with Crippen molar-refractivity contribution in [3.8, 4) is 0 Å². The Balaban J connectivity index is 2.76.